The fourth-order valence-electron chi connectivity index (χ4n) is 2.57. The monoisotopic (exact) mass is 350 g/mol. The Morgan fingerprint density at radius 3 is 2.71 bits per heavy atom. The van der Waals surface area contributed by atoms with Crippen LogP contribution in [0.5, 0.6) is 11.5 Å². The van der Waals surface area contributed by atoms with E-state index in [1.165, 1.54) is 18.7 Å². The molecule has 21 heavy (non-hydrogen) atoms. The molecule has 110 valence electrons. The van der Waals surface area contributed by atoms with E-state index in [4.69, 9.17) is 9.47 Å². The number of halogens is 2. The molecular weight excluding hydrogens is 335 g/mol. The van der Waals surface area contributed by atoms with Gasteiger partial charge in [-0.05, 0) is 47.7 Å². The standard InChI is InChI=1S/C17H16BrFO2/c1-20-16-7-5-13(10-14(16)19)17(18)12-4-6-15-11(9-12)3-2-8-21-15/h4-7,9-10,17H,2-3,8H2,1H3. The first-order valence-corrected chi connectivity index (χ1v) is 7.84. The highest BCUT2D eigenvalue weighted by Gasteiger charge is 2.17. The lowest BCUT2D eigenvalue weighted by Crippen LogP contribution is -2.09. The van der Waals surface area contributed by atoms with Crippen LogP contribution in [0.2, 0.25) is 0 Å². The minimum Gasteiger partial charge on any atom is -0.494 e. The van der Waals surface area contributed by atoms with Crippen LogP contribution in [-0.4, -0.2) is 13.7 Å². The summed E-state index contributed by atoms with van der Waals surface area (Å²) in [7, 11) is 1.47. The highest BCUT2D eigenvalue weighted by Crippen LogP contribution is 2.36. The molecular formula is C17H16BrFO2. The van der Waals surface area contributed by atoms with Crippen LogP contribution in [0.3, 0.4) is 0 Å². The maximum atomic E-state index is 13.8. The van der Waals surface area contributed by atoms with Crippen molar-refractivity contribution in [2.75, 3.05) is 13.7 Å². The van der Waals surface area contributed by atoms with Gasteiger partial charge in [0.2, 0.25) is 0 Å². The first-order chi connectivity index (χ1) is 10.2. The molecule has 0 aromatic heterocycles. The van der Waals surface area contributed by atoms with E-state index < -0.39 is 0 Å². The van der Waals surface area contributed by atoms with E-state index in [1.54, 1.807) is 6.07 Å². The summed E-state index contributed by atoms with van der Waals surface area (Å²) in [6, 6.07) is 11.2. The summed E-state index contributed by atoms with van der Waals surface area (Å²) in [6.07, 6.45) is 2.07. The lowest BCUT2D eigenvalue weighted by atomic mass is 9.99. The summed E-state index contributed by atoms with van der Waals surface area (Å²) < 4.78 is 24.4. The van der Waals surface area contributed by atoms with Crippen LogP contribution in [0.1, 0.15) is 27.9 Å². The Labute approximate surface area is 132 Å². The summed E-state index contributed by atoms with van der Waals surface area (Å²) in [5.74, 6) is 0.878. The van der Waals surface area contributed by atoms with Gasteiger partial charge in [-0.15, -0.1) is 0 Å². The molecule has 0 radical (unpaired) electrons. The molecule has 1 aliphatic rings. The fraction of sp³-hybridized carbons (Fsp3) is 0.294. The van der Waals surface area contributed by atoms with Gasteiger partial charge in [0.05, 0.1) is 18.5 Å². The molecule has 0 saturated carbocycles. The molecule has 0 spiro atoms. The summed E-state index contributed by atoms with van der Waals surface area (Å²) in [4.78, 5) is -0.0508. The van der Waals surface area contributed by atoms with Crippen molar-refractivity contribution in [3.8, 4) is 11.5 Å². The first-order valence-electron chi connectivity index (χ1n) is 6.92. The Hall–Kier alpha value is -1.55. The number of hydrogen-bond acceptors (Lipinski definition) is 2. The summed E-state index contributed by atoms with van der Waals surface area (Å²) >= 11 is 3.65. The van der Waals surface area contributed by atoms with Crippen molar-refractivity contribution in [1.82, 2.24) is 0 Å². The second kappa shape index (κ2) is 6.06. The van der Waals surface area contributed by atoms with Crippen LogP contribution < -0.4 is 9.47 Å². The zero-order valence-corrected chi connectivity index (χ0v) is 13.3. The van der Waals surface area contributed by atoms with Crippen LogP contribution in [0.15, 0.2) is 36.4 Å². The molecule has 2 aromatic rings. The number of hydrogen-bond donors (Lipinski definition) is 0. The molecule has 3 rings (SSSR count). The van der Waals surface area contributed by atoms with Crippen LogP contribution in [0.25, 0.3) is 0 Å². The van der Waals surface area contributed by atoms with Gasteiger partial charge >= 0.3 is 0 Å². The Morgan fingerprint density at radius 1 is 1.19 bits per heavy atom. The van der Waals surface area contributed by atoms with Gasteiger partial charge < -0.3 is 9.47 Å². The molecule has 0 N–H and O–H groups in total. The molecule has 1 aliphatic heterocycles. The lowest BCUT2D eigenvalue weighted by Gasteiger charge is -2.19. The highest BCUT2D eigenvalue weighted by molar-refractivity contribution is 9.09. The third kappa shape index (κ3) is 2.91. The predicted molar refractivity (Wildman–Crippen MR) is 84.0 cm³/mol. The van der Waals surface area contributed by atoms with Gasteiger partial charge in [0.25, 0.3) is 0 Å². The van der Waals surface area contributed by atoms with E-state index in [1.807, 2.05) is 18.2 Å². The summed E-state index contributed by atoms with van der Waals surface area (Å²) in [5.41, 5.74) is 3.19. The number of fused-ring (bicyclic) bond motifs is 1. The Kier molecular flexibility index (Phi) is 4.15. The minimum absolute atomic E-state index is 0.0508. The van der Waals surface area contributed by atoms with Gasteiger partial charge in [-0.1, -0.05) is 34.1 Å². The number of benzene rings is 2. The number of methoxy groups -OCH3 is 1. The van der Waals surface area contributed by atoms with Crippen molar-refractivity contribution in [3.63, 3.8) is 0 Å². The number of aryl methyl sites for hydroxylation is 1. The third-order valence-corrected chi connectivity index (χ3v) is 4.75. The van der Waals surface area contributed by atoms with Crippen molar-refractivity contribution >= 4 is 15.9 Å². The summed E-state index contributed by atoms with van der Waals surface area (Å²) in [6.45, 7) is 0.785. The Morgan fingerprint density at radius 2 is 1.95 bits per heavy atom. The largest absolute Gasteiger partial charge is 0.494 e. The normalized spacial score (nSPS) is 15.0. The van der Waals surface area contributed by atoms with E-state index in [0.29, 0.717) is 0 Å². The van der Waals surface area contributed by atoms with Crippen molar-refractivity contribution < 1.29 is 13.9 Å². The van der Waals surface area contributed by atoms with Crippen LogP contribution in [0, 0.1) is 5.82 Å². The van der Waals surface area contributed by atoms with Crippen LogP contribution in [0.4, 0.5) is 4.39 Å². The SMILES string of the molecule is COc1ccc(C(Br)c2ccc3c(c2)CCCO3)cc1F. The third-order valence-electron chi connectivity index (χ3n) is 3.69. The Balaban J connectivity index is 1.91. The molecule has 0 amide bonds. The zero-order valence-electron chi connectivity index (χ0n) is 11.7. The fourth-order valence-corrected chi connectivity index (χ4v) is 3.14. The quantitative estimate of drug-likeness (QED) is 0.750. The van der Waals surface area contributed by atoms with Gasteiger partial charge in [0.1, 0.15) is 5.75 Å². The maximum Gasteiger partial charge on any atom is 0.165 e. The maximum absolute atomic E-state index is 13.8. The molecule has 1 unspecified atom stereocenters. The molecule has 1 heterocycles. The number of ether oxygens (including phenoxy) is 2. The minimum atomic E-state index is -0.347. The molecule has 1 atom stereocenters. The van der Waals surface area contributed by atoms with E-state index in [-0.39, 0.29) is 16.4 Å². The van der Waals surface area contributed by atoms with Gasteiger partial charge in [-0.25, -0.2) is 4.39 Å². The second-order valence-electron chi connectivity index (χ2n) is 5.08. The molecule has 4 heteroatoms. The van der Waals surface area contributed by atoms with Gasteiger partial charge in [0, 0.05) is 0 Å². The number of alkyl halides is 1. The van der Waals surface area contributed by atoms with E-state index >= 15 is 0 Å². The topological polar surface area (TPSA) is 18.5 Å². The average molecular weight is 351 g/mol. The van der Waals surface area contributed by atoms with Crippen molar-refractivity contribution in [3.05, 3.63) is 58.9 Å². The van der Waals surface area contributed by atoms with Gasteiger partial charge in [-0.2, -0.15) is 0 Å². The van der Waals surface area contributed by atoms with Crippen molar-refractivity contribution in [2.24, 2.45) is 0 Å². The summed E-state index contributed by atoms with van der Waals surface area (Å²) in [5, 5.41) is 0. The molecule has 0 bridgehead atoms. The van der Waals surface area contributed by atoms with E-state index in [9.17, 15) is 4.39 Å². The average Bonchev–Trinajstić information content (AvgIpc) is 2.53. The second-order valence-corrected chi connectivity index (χ2v) is 5.99. The van der Waals surface area contributed by atoms with E-state index in [2.05, 4.69) is 22.0 Å². The molecule has 0 fully saturated rings. The smallest absolute Gasteiger partial charge is 0.165 e. The number of rotatable bonds is 3. The van der Waals surface area contributed by atoms with Crippen molar-refractivity contribution in [2.45, 2.75) is 17.7 Å². The Bertz CT molecular complexity index is 657. The molecule has 2 aromatic carbocycles. The predicted octanol–water partition coefficient (Wildman–Crippen LogP) is 4.64. The molecule has 2 nitrogen and oxygen atoms in total. The highest BCUT2D eigenvalue weighted by atomic mass is 79.9. The van der Waals surface area contributed by atoms with Crippen LogP contribution >= 0.6 is 15.9 Å². The van der Waals surface area contributed by atoms with E-state index in [0.717, 1.165) is 36.3 Å². The molecule has 0 aliphatic carbocycles. The zero-order chi connectivity index (χ0) is 14.8. The van der Waals surface area contributed by atoms with Gasteiger partial charge in [0.15, 0.2) is 11.6 Å². The van der Waals surface area contributed by atoms with Crippen LogP contribution in [-0.2, 0) is 6.42 Å². The lowest BCUT2D eigenvalue weighted by molar-refractivity contribution is 0.288. The van der Waals surface area contributed by atoms with Crippen molar-refractivity contribution in [1.29, 1.82) is 0 Å². The van der Waals surface area contributed by atoms with Gasteiger partial charge in [-0.3, -0.25) is 0 Å². The first kappa shape index (κ1) is 14.4. The molecule has 0 saturated heterocycles.